The summed E-state index contributed by atoms with van der Waals surface area (Å²) in [6.45, 7) is 0. The molecule has 1 N–H and O–H groups in total. The Labute approximate surface area is 99.4 Å². The molecule has 0 bridgehead atoms. The van der Waals surface area contributed by atoms with Gasteiger partial charge in [-0.2, -0.15) is 10.2 Å². The highest BCUT2D eigenvalue weighted by molar-refractivity contribution is 5.87. The van der Waals surface area contributed by atoms with Gasteiger partial charge in [0, 0.05) is 17.8 Å². The van der Waals surface area contributed by atoms with Crippen molar-refractivity contribution < 1.29 is 5.11 Å². The minimum atomic E-state index is 0.350. The fourth-order valence-electron chi connectivity index (χ4n) is 1.46. The lowest BCUT2D eigenvalue weighted by molar-refractivity contribution is 0.481. The van der Waals surface area contributed by atoms with E-state index in [1.807, 2.05) is 48.5 Å². The molecule has 3 heteroatoms. The second kappa shape index (κ2) is 5.61. The third-order valence-electron chi connectivity index (χ3n) is 2.25. The molecule has 0 spiro atoms. The number of hydrogen-bond acceptors (Lipinski definition) is 3. The highest BCUT2D eigenvalue weighted by atomic mass is 16.3. The summed E-state index contributed by atoms with van der Waals surface area (Å²) in [6, 6.07) is 16.9. The van der Waals surface area contributed by atoms with Crippen LogP contribution >= 0.6 is 0 Å². The summed E-state index contributed by atoms with van der Waals surface area (Å²) in [4.78, 5) is 0. The maximum Gasteiger partial charge on any atom is 0.123 e. The van der Waals surface area contributed by atoms with Gasteiger partial charge in [-0.3, -0.25) is 0 Å². The van der Waals surface area contributed by atoms with E-state index in [4.69, 9.17) is 0 Å². The third-order valence-corrected chi connectivity index (χ3v) is 2.25. The Kier molecular flexibility index (Phi) is 3.65. The van der Waals surface area contributed by atoms with Crippen molar-refractivity contribution in [1.29, 1.82) is 0 Å². The molecule has 0 amide bonds. The predicted octanol–water partition coefficient (Wildman–Crippen LogP) is 3.02. The highest BCUT2D eigenvalue weighted by Crippen LogP contribution is 2.22. The molecule has 3 nitrogen and oxygen atoms in total. The molecule has 0 aliphatic carbocycles. The maximum atomic E-state index is 9.37. The standard InChI is InChI=1S/C10H8O.C4H4N2/c11-10-7-3-5-8-4-1-2-6-9(8)10;1-2-4-6-5-3-1/h1-7,11H;1-4H. The molecule has 0 unspecified atom stereocenters. The second-order valence-electron chi connectivity index (χ2n) is 3.41. The molecule has 0 saturated carbocycles. The molecular weight excluding hydrogens is 212 g/mol. The SMILES string of the molecule is Oc1cccc2ccccc12.c1ccnnc1. The zero-order chi connectivity index (χ0) is 11.9. The molecule has 84 valence electrons. The number of hydrogen-bond donors (Lipinski definition) is 1. The normalized spacial score (nSPS) is 9.41. The molecule has 1 aromatic heterocycles. The van der Waals surface area contributed by atoms with Crippen molar-refractivity contribution in [3.05, 3.63) is 67.0 Å². The van der Waals surface area contributed by atoms with Gasteiger partial charge in [-0.05, 0) is 23.6 Å². The van der Waals surface area contributed by atoms with E-state index in [2.05, 4.69) is 10.2 Å². The first-order valence-corrected chi connectivity index (χ1v) is 5.26. The molecule has 0 aliphatic rings. The Morgan fingerprint density at radius 1 is 0.706 bits per heavy atom. The average molecular weight is 224 g/mol. The summed E-state index contributed by atoms with van der Waals surface area (Å²) in [5.74, 6) is 0.350. The van der Waals surface area contributed by atoms with Crippen LogP contribution in [0.5, 0.6) is 5.75 Å². The minimum Gasteiger partial charge on any atom is -0.507 e. The Hall–Kier alpha value is -2.42. The number of phenolic OH excluding ortho intramolecular Hbond substituents is 1. The number of aromatic nitrogens is 2. The van der Waals surface area contributed by atoms with Crippen molar-refractivity contribution >= 4 is 10.8 Å². The van der Waals surface area contributed by atoms with Gasteiger partial charge in [0.2, 0.25) is 0 Å². The van der Waals surface area contributed by atoms with E-state index >= 15 is 0 Å². The topological polar surface area (TPSA) is 46.0 Å². The Balaban J connectivity index is 0.000000153. The van der Waals surface area contributed by atoms with E-state index in [-0.39, 0.29) is 0 Å². The summed E-state index contributed by atoms with van der Waals surface area (Å²) in [5.41, 5.74) is 0. The summed E-state index contributed by atoms with van der Waals surface area (Å²) in [7, 11) is 0. The molecule has 2 aromatic carbocycles. The molecule has 3 rings (SSSR count). The fourth-order valence-corrected chi connectivity index (χ4v) is 1.46. The molecule has 1 heterocycles. The van der Waals surface area contributed by atoms with Crippen LogP contribution < -0.4 is 0 Å². The van der Waals surface area contributed by atoms with Crippen LogP contribution in [0.3, 0.4) is 0 Å². The van der Waals surface area contributed by atoms with Crippen molar-refractivity contribution in [2.45, 2.75) is 0 Å². The number of rotatable bonds is 0. The van der Waals surface area contributed by atoms with Crippen LogP contribution in [-0.2, 0) is 0 Å². The lowest BCUT2D eigenvalue weighted by atomic mass is 10.1. The maximum absolute atomic E-state index is 9.37. The number of aromatic hydroxyl groups is 1. The van der Waals surface area contributed by atoms with Gasteiger partial charge in [-0.25, -0.2) is 0 Å². The van der Waals surface area contributed by atoms with Crippen LogP contribution in [0, 0.1) is 0 Å². The molecule has 17 heavy (non-hydrogen) atoms. The molecule has 0 radical (unpaired) electrons. The van der Waals surface area contributed by atoms with Gasteiger partial charge in [-0.15, -0.1) is 0 Å². The van der Waals surface area contributed by atoms with Crippen molar-refractivity contribution in [3.63, 3.8) is 0 Å². The molecule has 0 saturated heterocycles. The van der Waals surface area contributed by atoms with Gasteiger partial charge in [-0.1, -0.05) is 36.4 Å². The smallest absolute Gasteiger partial charge is 0.123 e. The summed E-state index contributed by atoms with van der Waals surface area (Å²) in [5, 5.41) is 18.4. The zero-order valence-corrected chi connectivity index (χ0v) is 9.19. The van der Waals surface area contributed by atoms with Crippen molar-refractivity contribution in [2.75, 3.05) is 0 Å². The predicted molar refractivity (Wildman–Crippen MR) is 67.6 cm³/mol. The van der Waals surface area contributed by atoms with Crippen LogP contribution in [-0.4, -0.2) is 15.3 Å². The van der Waals surface area contributed by atoms with Gasteiger partial charge >= 0.3 is 0 Å². The number of nitrogens with zero attached hydrogens (tertiary/aromatic N) is 2. The first-order chi connectivity index (χ1) is 8.38. The van der Waals surface area contributed by atoms with Crippen molar-refractivity contribution in [2.24, 2.45) is 0 Å². The molecule has 3 aromatic rings. The van der Waals surface area contributed by atoms with E-state index in [0.717, 1.165) is 10.8 Å². The van der Waals surface area contributed by atoms with E-state index in [0.29, 0.717) is 5.75 Å². The van der Waals surface area contributed by atoms with E-state index < -0.39 is 0 Å². The quantitative estimate of drug-likeness (QED) is 0.638. The number of phenols is 1. The highest BCUT2D eigenvalue weighted by Gasteiger charge is 1.94. The van der Waals surface area contributed by atoms with E-state index in [9.17, 15) is 5.11 Å². The zero-order valence-electron chi connectivity index (χ0n) is 9.19. The van der Waals surface area contributed by atoms with Gasteiger partial charge in [0.25, 0.3) is 0 Å². The van der Waals surface area contributed by atoms with Crippen LogP contribution in [0.1, 0.15) is 0 Å². The van der Waals surface area contributed by atoms with Crippen LogP contribution in [0.15, 0.2) is 67.0 Å². The van der Waals surface area contributed by atoms with Gasteiger partial charge in [0.05, 0.1) is 0 Å². The van der Waals surface area contributed by atoms with Gasteiger partial charge < -0.3 is 5.11 Å². The van der Waals surface area contributed by atoms with Crippen molar-refractivity contribution in [1.82, 2.24) is 10.2 Å². The summed E-state index contributed by atoms with van der Waals surface area (Å²) in [6.07, 6.45) is 3.28. The first-order valence-electron chi connectivity index (χ1n) is 5.26. The molecule has 0 atom stereocenters. The monoisotopic (exact) mass is 224 g/mol. The van der Waals surface area contributed by atoms with Gasteiger partial charge in [0.15, 0.2) is 0 Å². The third kappa shape index (κ3) is 3.01. The fraction of sp³-hybridized carbons (Fsp3) is 0. The number of benzene rings is 2. The van der Waals surface area contributed by atoms with E-state index in [1.54, 1.807) is 18.5 Å². The molecule has 0 aliphatic heterocycles. The first kappa shape index (κ1) is 11.1. The number of fused-ring (bicyclic) bond motifs is 1. The minimum absolute atomic E-state index is 0.350. The van der Waals surface area contributed by atoms with Crippen LogP contribution in [0.25, 0.3) is 10.8 Å². The molecule has 0 fully saturated rings. The van der Waals surface area contributed by atoms with E-state index in [1.165, 1.54) is 0 Å². The Morgan fingerprint density at radius 2 is 1.35 bits per heavy atom. The summed E-state index contributed by atoms with van der Waals surface area (Å²) >= 11 is 0. The van der Waals surface area contributed by atoms with Crippen molar-refractivity contribution in [3.8, 4) is 5.75 Å². The lowest BCUT2D eigenvalue weighted by Gasteiger charge is -1.97. The average Bonchev–Trinajstić information content (AvgIpc) is 2.42. The Morgan fingerprint density at radius 3 is 1.94 bits per heavy atom. The largest absolute Gasteiger partial charge is 0.507 e. The Bertz CT molecular complexity index is 550. The summed E-state index contributed by atoms with van der Waals surface area (Å²) < 4.78 is 0. The lowest BCUT2D eigenvalue weighted by Crippen LogP contribution is -1.70. The van der Waals surface area contributed by atoms with Crippen LogP contribution in [0.4, 0.5) is 0 Å². The van der Waals surface area contributed by atoms with Crippen LogP contribution in [0.2, 0.25) is 0 Å². The van der Waals surface area contributed by atoms with Gasteiger partial charge in [0.1, 0.15) is 5.75 Å². The second-order valence-corrected chi connectivity index (χ2v) is 3.41. The molecular formula is C14H12N2O.